The molecule has 76 valence electrons. The molecule has 0 radical (unpaired) electrons. The van der Waals surface area contributed by atoms with E-state index in [2.05, 4.69) is 55.4 Å². The highest BCUT2D eigenvalue weighted by atomic mass is 15.0. The van der Waals surface area contributed by atoms with Crippen LogP contribution in [0.25, 0.3) is 6.08 Å². The van der Waals surface area contributed by atoms with E-state index in [0.29, 0.717) is 0 Å². The van der Waals surface area contributed by atoms with Crippen LogP contribution in [0.15, 0.2) is 36.4 Å². The number of allylic oxidation sites excluding steroid dienone is 1. The molecule has 0 aromatic heterocycles. The lowest BCUT2D eigenvalue weighted by molar-refractivity contribution is 0.402. The Hall–Kier alpha value is -1.08. The van der Waals surface area contributed by atoms with E-state index >= 15 is 0 Å². The fourth-order valence-corrected chi connectivity index (χ4v) is 1.31. The first-order chi connectivity index (χ1) is 6.79. The minimum atomic E-state index is 1.16. The number of unbranched alkanes of at least 4 members (excludes halogenated alkanes) is 1. The van der Waals surface area contributed by atoms with Crippen LogP contribution in [0.2, 0.25) is 0 Å². The lowest BCUT2D eigenvalue weighted by Crippen LogP contribution is -2.12. The summed E-state index contributed by atoms with van der Waals surface area (Å²) in [5.74, 6) is 0. The maximum absolute atomic E-state index is 2.25. The summed E-state index contributed by atoms with van der Waals surface area (Å²) in [7, 11) is 4.22. The molecule has 1 aromatic carbocycles. The van der Waals surface area contributed by atoms with Crippen LogP contribution in [0.4, 0.5) is 0 Å². The third-order valence-corrected chi connectivity index (χ3v) is 2.09. The third kappa shape index (κ3) is 4.83. The second-order valence-corrected chi connectivity index (χ2v) is 3.76. The van der Waals surface area contributed by atoms with Gasteiger partial charge in [-0.2, -0.15) is 0 Å². The summed E-state index contributed by atoms with van der Waals surface area (Å²) in [6.45, 7) is 1.17. The Morgan fingerprint density at radius 2 is 1.86 bits per heavy atom. The Morgan fingerprint density at radius 1 is 1.14 bits per heavy atom. The zero-order chi connectivity index (χ0) is 10.2. The Bertz CT molecular complexity index is 262. The molecule has 14 heavy (non-hydrogen) atoms. The van der Waals surface area contributed by atoms with Gasteiger partial charge in [0.25, 0.3) is 0 Å². The Labute approximate surface area is 87.1 Å². The molecule has 0 atom stereocenters. The molecule has 1 aromatic rings. The van der Waals surface area contributed by atoms with Crippen molar-refractivity contribution in [3.8, 4) is 0 Å². The van der Waals surface area contributed by atoms with E-state index in [9.17, 15) is 0 Å². The molecule has 0 bridgehead atoms. The molecule has 0 saturated carbocycles. The van der Waals surface area contributed by atoms with Crippen molar-refractivity contribution in [1.29, 1.82) is 0 Å². The quantitative estimate of drug-likeness (QED) is 0.643. The van der Waals surface area contributed by atoms with Crippen molar-refractivity contribution in [2.24, 2.45) is 0 Å². The summed E-state index contributed by atoms with van der Waals surface area (Å²) in [5.41, 5.74) is 1.29. The van der Waals surface area contributed by atoms with Crippen LogP contribution in [-0.4, -0.2) is 25.5 Å². The van der Waals surface area contributed by atoms with Crippen LogP contribution in [0.1, 0.15) is 18.4 Å². The first-order valence-electron chi connectivity index (χ1n) is 5.15. The van der Waals surface area contributed by atoms with Crippen molar-refractivity contribution in [3.63, 3.8) is 0 Å². The summed E-state index contributed by atoms with van der Waals surface area (Å²) < 4.78 is 0. The molecule has 1 heteroatoms. The van der Waals surface area contributed by atoms with Crippen LogP contribution in [0.3, 0.4) is 0 Å². The molecule has 0 fully saturated rings. The molecule has 0 N–H and O–H groups in total. The maximum atomic E-state index is 2.25. The van der Waals surface area contributed by atoms with Crippen molar-refractivity contribution in [1.82, 2.24) is 4.90 Å². The van der Waals surface area contributed by atoms with Gasteiger partial charge in [-0.15, -0.1) is 0 Å². The number of benzene rings is 1. The second kappa shape index (κ2) is 6.39. The van der Waals surface area contributed by atoms with Crippen LogP contribution in [0, 0.1) is 0 Å². The van der Waals surface area contributed by atoms with Crippen molar-refractivity contribution in [2.45, 2.75) is 12.8 Å². The van der Waals surface area contributed by atoms with Gasteiger partial charge in [-0.1, -0.05) is 42.5 Å². The van der Waals surface area contributed by atoms with Gasteiger partial charge in [-0.3, -0.25) is 0 Å². The average molecular weight is 189 g/mol. The molecule has 0 spiro atoms. The van der Waals surface area contributed by atoms with E-state index in [1.807, 2.05) is 6.07 Å². The molecular weight excluding hydrogens is 170 g/mol. The van der Waals surface area contributed by atoms with E-state index in [0.717, 1.165) is 6.42 Å². The summed E-state index contributed by atoms with van der Waals surface area (Å²) in [5, 5.41) is 0. The highest BCUT2D eigenvalue weighted by Crippen LogP contribution is 2.02. The van der Waals surface area contributed by atoms with Gasteiger partial charge in [0, 0.05) is 0 Å². The van der Waals surface area contributed by atoms with E-state index in [4.69, 9.17) is 0 Å². The van der Waals surface area contributed by atoms with Gasteiger partial charge in [0.05, 0.1) is 0 Å². The minimum Gasteiger partial charge on any atom is -0.309 e. The molecule has 0 aliphatic rings. The topological polar surface area (TPSA) is 3.24 Å². The van der Waals surface area contributed by atoms with Crippen LogP contribution < -0.4 is 0 Å². The zero-order valence-corrected chi connectivity index (χ0v) is 9.11. The van der Waals surface area contributed by atoms with Crippen molar-refractivity contribution >= 4 is 6.08 Å². The van der Waals surface area contributed by atoms with Crippen molar-refractivity contribution < 1.29 is 0 Å². The van der Waals surface area contributed by atoms with Gasteiger partial charge in [0.1, 0.15) is 0 Å². The van der Waals surface area contributed by atoms with Gasteiger partial charge < -0.3 is 4.90 Å². The minimum absolute atomic E-state index is 1.16. The normalized spacial score (nSPS) is 11.4. The standard InChI is InChI=1S/C13H19N/c1-14(2)12-8-4-7-11-13-9-5-3-6-10-13/h3,5-7,9-11H,4,8,12H2,1-2H3/b11-7+. The van der Waals surface area contributed by atoms with E-state index in [1.165, 1.54) is 18.5 Å². The highest BCUT2D eigenvalue weighted by Gasteiger charge is 1.87. The Kier molecular flexibility index (Phi) is 5.02. The van der Waals surface area contributed by atoms with E-state index < -0.39 is 0 Å². The molecule has 0 heterocycles. The van der Waals surface area contributed by atoms with Crippen LogP contribution >= 0.6 is 0 Å². The average Bonchev–Trinajstić information content (AvgIpc) is 2.18. The fraction of sp³-hybridized carbons (Fsp3) is 0.385. The SMILES string of the molecule is CN(C)CCC/C=C/c1ccccc1. The van der Waals surface area contributed by atoms with E-state index in [-0.39, 0.29) is 0 Å². The third-order valence-electron chi connectivity index (χ3n) is 2.09. The van der Waals surface area contributed by atoms with Gasteiger partial charge >= 0.3 is 0 Å². The smallest absolute Gasteiger partial charge is 0.00219 e. The van der Waals surface area contributed by atoms with E-state index in [1.54, 1.807) is 0 Å². The van der Waals surface area contributed by atoms with Crippen LogP contribution in [0.5, 0.6) is 0 Å². The molecular formula is C13H19N. The van der Waals surface area contributed by atoms with Gasteiger partial charge in [0.15, 0.2) is 0 Å². The summed E-state index contributed by atoms with van der Waals surface area (Å²) >= 11 is 0. The first-order valence-corrected chi connectivity index (χ1v) is 5.15. The molecule has 0 saturated heterocycles. The predicted octanol–water partition coefficient (Wildman–Crippen LogP) is 3.04. The molecule has 1 rings (SSSR count). The number of hydrogen-bond acceptors (Lipinski definition) is 1. The molecule has 0 unspecified atom stereocenters. The fourth-order valence-electron chi connectivity index (χ4n) is 1.31. The molecule has 0 amide bonds. The lowest BCUT2D eigenvalue weighted by atomic mass is 10.2. The number of hydrogen-bond donors (Lipinski definition) is 0. The monoisotopic (exact) mass is 189 g/mol. The molecule has 1 nitrogen and oxygen atoms in total. The molecule has 0 aliphatic heterocycles. The zero-order valence-electron chi connectivity index (χ0n) is 9.11. The van der Waals surface area contributed by atoms with Gasteiger partial charge in [-0.05, 0) is 39.0 Å². The summed E-state index contributed by atoms with van der Waals surface area (Å²) in [4.78, 5) is 2.22. The second-order valence-electron chi connectivity index (χ2n) is 3.76. The maximum Gasteiger partial charge on any atom is -0.00219 e. The van der Waals surface area contributed by atoms with Gasteiger partial charge in [-0.25, -0.2) is 0 Å². The van der Waals surface area contributed by atoms with Crippen LogP contribution in [-0.2, 0) is 0 Å². The summed E-state index contributed by atoms with van der Waals surface area (Å²) in [6.07, 6.45) is 6.83. The lowest BCUT2D eigenvalue weighted by Gasteiger charge is -2.06. The van der Waals surface area contributed by atoms with Gasteiger partial charge in [0.2, 0.25) is 0 Å². The molecule has 0 aliphatic carbocycles. The number of rotatable bonds is 5. The largest absolute Gasteiger partial charge is 0.309 e. The number of nitrogens with zero attached hydrogens (tertiary/aromatic N) is 1. The Balaban J connectivity index is 2.21. The summed E-state index contributed by atoms with van der Waals surface area (Å²) in [6, 6.07) is 10.4. The first kappa shape index (κ1) is 11.0. The predicted molar refractivity (Wildman–Crippen MR) is 63.3 cm³/mol. The Morgan fingerprint density at radius 3 is 2.50 bits per heavy atom. The van der Waals surface area contributed by atoms with Crippen molar-refractivity contribution in [2.75, 3.05) is 20.6 Å². The van der Waals surface area contributed by atoms with Crippen molar-refractivity contribution in [3.05, 3.63) is 42.0 Å². The highest BCUT2D eigenvalue weighted by molar-refractivity contribution is 5.48.